The lowest BCUT2D eigenvalue weighted by atomic mass is 10.1. The first-order chi connectivity index (χ1) is 9.74. The van der Waals surface area contributed by atoms with Crippen LogP contribution in [0, 0.1) is 13.8 Å². The Hall–Kier alpha value is -1.44. The van der Waals surface area contributed by atoms with Crippen molar-refractivity contribution in [3.05, 3.63) is 29.3 Å². The number of sulfonamides is 1. The first-order valence-electron chi connectivity index (χ1n) is 6.55. The Kier molecular flexibility index (Phi) is 6.32. The number of ether oxygens (including phenoxy) is 1. The number of benzene rings is 1. The normalized spacial score (nSPS) is 11.7. The van der Waals surface area contributed by atoms with Crippen LogP contribution in [0.4, 0.5) is 5.69 Å². The molecule has 0 saturated heterocycles. The zero-order valence-corrected chi connectivity index (χ0v) is 13.7. The van der Waals surface area contributed by atoms with Crippen LogP contribution in [0.1, 0.15) is 11.1 Å². The van der Waals surface area contributed by atoms with Crippen molar-refractivity contribution in [3.63, 3.8) is 0 Å². The Bertz CT molecular complexity index is 599. The van der Waals surface area contributed by atoms with Crippen molar-refractivity contribution < 1.29 is 17.9 Å². The number of methoxy groups -OCH3 is 1. The largest absolute Gasteiger partial charge is 0.383 e. The molecule has 1 N–H and O–H groups in total. The Morgan fingerprint density at radius 1 is 1.33 bits per heavy atom. The van der Waals surface area contributed by atoms with Gasteiger partial charge in [-0.15, -0.1) is 0 Å². The van der Waals surface area contributed by atoms with Crippen molar-refractivity contribution in [2.45, 2.75) is 13.8 Å². The highest BCUT2D eigenvalue weighted by atomic mass is 32.2. The summed E-state index contributed by atoms with van der Waals surface area (Å²) in [6, 6.07) is 5.71. The third-order valence-electron chi connectivity index (χ3n) is 3.00. The first kappa shape index (κ1) is 17.6. The molecule has 0 aliphatic carbocycles. The van der Waals surface area contributed by atoms with E-state index in [1.165, 1.54) is 7.11 Å². The second kappa shape index (κ2) is 7.53. The number of anilines is 1. The number of hydrogen-bond acceptors (Lipinski definition) is 4. The van der Waals surface area contributed by atoms with E-state index in [0.717, 1.165) is 21.7 Å². The van der Waals surface area contributed by atoms with Crippen molar-refractivity contribution >= 4 is 21.6 Å². The number of rotatable bonds is 7. The van der Waals surface area contributed by atoms with Crippen LogP contribution in [0.2, 0.25) is 0 Å². The lowest BCUT2D eigenvalue weighted by Gasteiger charge is -2.19. The number of hydrogen-bond donors (Lipinski definition) is 1. The molecular formula is C14H22N2O4S. The van der Waals surface area contributed by atoms with Crippen LogP contribution >= 0.6 is 0 Å². The number of nitrogens with one attached hydrogen (secondary N) is 1. The van der Waals surface area contributed by atoms with Gasteiger partial charge < -0.3 is 10.1 Å². The van der Waals surface area contributed by atoms with Gasteiger partial charge in [0.15, 0.2) is 0 Å². The summed E-state index contributed by atoms with van der Waals surface area (Å²) in [6.45, 7) is 3.97. The van der Waals surface area contributed by atoms with Crippen molar-refractivity contribution in [1.82, 2.24) is 4.31 Å². The van der Waals surface area contributed by atoms with Crippen molar-refractivity contribution in [2.75, 3.05) is 38.4 Å². The molecule has 1 amide bonds. The highest BCUT2D eigenvalue weighted by Gasteiger charge is 2.20. The smallest absolute Gasteiger partial charge is 0.239 e. The molecular weight excluding hydrogens is 292 g/mol. The van der Waals surface area contributed by atoms with Crippen LogP contribution < -0.4 is 5.32 Å². The van der Waals surface area contributed by atoms with E-state index in [1.54, 1.807) is 0 Å². The van der Waals surface area contributed by atoms with Gasteiger partial charge in [-0.1, -0.05) is 12.1 Å². The van der Waals surface area contributed by atoms with Crippen molar-refractivity contribution in [2.24, 2.45) is 0 Å². The second-order valence-corrected chi connectivity index (χ2v) is 6.94. The zero-order chi connectivity index (χ0) is 16.0. The van der Waals surface area contributed by atoms with E-state index in [4.69, 9.17) is 4.74 Å². The predicted octanol–water partition coefficient (Wildman–Crippen LogP) is 1.15. The molecule has 0 fully saturated rings. The molecule has 0 atom stereocenters. The van der Waals surface area contributed by atoms with Crippen LogP contribution in [0.3, 0.4) is 0 Å². The van der Waals surface area contributed by atoms with Crippen molar-refractivity contribution in [1.29, 1.82) is 0 Å². The lowest BCUT2D eigenvalue weighted by molar-refractivity contribution is -0.116. The molecule has 1 aromatic carbocycles. The average molecular weight is 314 g/mol. The third kappa shape index (κ3) is 5.82. The van der Waals surface area contributed by atoms with E-state index in [2.05, 4.69) is 5.32 Å². The zero-order valence-electron chi connectivity index (χ0n) is 12.8. The molecule has 0 spiro atoms. The molecule has 0 aliphatic heterocycles. The van der Waals surface area contributed by atoms with Crippen LogP contribution in [-0.2, 0) is 19.6 Å². The number of carbonyl (C=O) groups excluding carboxylic acids is 1. The van der Waals surface area contributed by atoms with Crippen molar-refractivity contribution in [3.8, 4) is 0 Å². The summed E-state index contributed by atoms with van der Waals surface area (Å²) in [7, 11) is -1.97. The number of carbonyl (C=O) groups is 1. The van der Waals surface area contributed by atoms with Gasteiger partial charge in [0, 0.05) is 19.3 Å². The van der Waals surface area contributed by atoms with Gasteiger partial charge in [0.2, 0.25) is 15.9 Å². The Labute approximate surface area is 126 Å². The highest BCUT2D eigenvalue weighted by Crippen LogP contribution is 2.16. The van der Waals surface area contributed by atoms with Crippen LogP contribution in [-0.4, -0.2) is 51.7 Å². The minimum absolute atomic E-state index is 0.148. The Morgan fingerprint density at radius 3 is 2.57 bits per heavy atom. The van der Waals surface area contributed by atoms with Gasteiger partial charge in [-0.2, -0.15) is 4.31 Å². The van der Waals surface area contributed by atoms with E-state index in [1.807, 2.05) is 32.0 Å². The van der Waals surface area contributed by atoms with Gasteiger partial charge in [-0.05, 0) is 31.0 Å². The van der Waals surface area contributed by atoms with Gasteiger partial charge in [0.1, 0.15) is 0 Å². The maximum absolute atomic E-state index is 12.0. The Balaban J connectivity index is 2.76. The summed E-state index contributed by atoms with van der Waals surface area (Å²) in [5.74, 6) is -0.370. The van der Waals surface area contributed by atoms with Gasteiger partial charge in [0.05, 0.1) is 19.4 Å². The highest BCUT2D eigenvalue weighted by molar-refractivity contribution is 7.88. The summed E-state index contributed by atoms with van der Waals surface area (Å²) in [4.78, 5) is 12.0. The fraction of sp³-hybridized carbons (Fsp3) is 0.500. The lowest BCUT2D eigenvalue weighted by Crippen LogP contribution is -2.39. The van der Waals surface area contributed by atoms with Gasteiger partial charge >= 0.3 is 0 Å². The summed E-state index contributed by atoms with van der Waals surface area (Å²) in [5.41, 5.74) is 2.65. The number of aryl methyl sites for hydroxylation is 2. The van der Waals surface area contributed by atoms with Gasteiger partial charge in [0.25, 0.3) is 0 Å². The summed E-state index contributed by atoms with van der Waals surface area (Å²) in [6.07, 6.45) is 1.08. The number of nitrogens with zero attached hydrogens (tertiary/aromatic N) is 1. The molecule has 21 heavy (non-hydrogen) atoms. The molecule has 0 saturated carbocycles. The Morgan fingerprint density at radius 2 is 2.00 bits per heavy atom. The molecule has 1 aromatic rings. The standard InChI is InChI=1S/C14H22N2O4S/c1-11-5-6-12(2)13(9-11)15-14(17)10-16(7-8-20-3)21(4,18)19/h5-6,9H,7-8,10H2,1-4H3,(H,15,17). The topological polar surface area (TPSA) is 75.7 Å². The minimum Gasteiger partial charge on any atom is -0.383 e. The summed E-state index contributed by atoms with van der Waals surface area (Å²) < 4.78 is 29.2. The molecule has 0 aliphatic rings. The first-order valence-corrected chi connectivity index (χ1v) is 8.40. The van der Waals surface area contributed by atoms with E-state index < -0.39 is 10.0 Å². The summed E-state index contributed by atoms with van der Waals surface area (Å²) >= 11 is 0. The quantitative estimate of drug-likeness (QED) is 0.819. The molecule has 7 heteroatoms. The molecule has 0 bridgehead atoms. The maximum atomic E-state index is 12.0. The molecule has 0 heterocycles. The van der Waals surface area contributed by atoms with E-state index in [9.17, 15) is 13.2 Å². The number of amides is 1. The molecule has 6 nitrogen and oxygen atoms in total. The van der Waals surface area contributed by atoms with Crippen LogP contribution in [0.15, 0.2) is 18.2 Å². The third-order valence-corrected chi connectivity index (χ3v) is 4.25. The molecule has 118 valence electrons. The fourth-order valence-electron chi connectivity index (χ4n) is 1.78. The van der Waals surface area contributed by atoms with Gasteiger partial charge in [-0.3, -0.25) is 4.79 Å². The maximum Gasteiger partial charge on any atom is 0.239 e. The molecule has 0 unspecified atom stereocenters. The van der Waals surface area contributed by atoms with E-state index in [-0.39, 0.29) is 25.6 Å². The molecule has 0 radical (unpaired) electrons. The minimum atomic E-state index is -3.45. The molecule has 1 rings (SSSR count). The second-order valence-electron chi connectivity index (χ2n) is 4.96. The monoisotopic (exact) mass is 314 g/mol. The van der Waals surface area contributed by atoms with E-state index in [0.29, 0.717) is 5.69 Å². The fourth-order valence-corrected chi connectivity index (χ4v) is 2.53. The predicted molar refractivity (Wildman–Crippen MR) is 82.8 cm³/mol. The molecule has 0 aromatic heterocycles. The van der Waals surface area contributed by atoms with Crippen LogP contribution in [0.25, 0.3) is 0 Å². The SMILES string of the molecule is COCCN(CC(=O)Nc1cc(C)ccc1C)S(C)(=O)=O. The average Bonchev–Trinajstić information content (AvgIpc) is 2.37. The van der Waals surface area contributed by atoms with Gasteiger partial charge in [-0.25, -0.2) is 8.42 Å². The summed E-state index contributed by atoms with van der Waals surface area (Å²) in [5, 5.41) is 2.74. The van der Waals surface area contributed by atoms with E-state index >= 15 is 0 Å². The van der Waals surface area contributed by atoms with Crippen LogP contribution in [0.5, 0.6) is 0 Å².